The van der Waals surface area contributed by atoms with Crippen molar-refractivity contribution in [2.75, 3.05) is 13.7 Å². The maximum atomic E-state index is 8.56. The highest BCUT2D eigenvalue weighted by Crippen LogP contribution is 2.25. The molecule has 1 aliphatic rings. The van der Waals surface area contributed by atoms with Crippen LogP contribution in [0.2, 0.25) is 0 Å². The average molecular weight is 209 g/mol. The molecule has 0 saturated carbocycles. The predicted octanol–water partition coefficient (Wildman–Crippen LogP) is 3.34. The summed E-state index contributed by atoms with van der Waals surface area (Å²) in [6.07, 6.45) is 1.08. The Morgan fingerprint density at radius 2 is 1.93 bits per heavy atom. The number of hydrogen-bond acceptors (Lipinski definition) is 3. The topological polar surface area (TPSA) is 38.7 Å². The molecule has 84 valence electrons. The zero-order valence-electron chi connectivity index (χ0n) is 9.91. The molecule has 0 atom stereocenters. The van der Waals surface area contributed by atoms with Gasteiger partial charge >= 0.3 is 0 Å². The van der Waals surface area contributed by atoms with Crippen LogP contribution in [0.4, 0.5) is 0 Å². The molecular formula is C12H19NO2. The quantitative estimate of drug-likeness (QED) is 0.615. The van der Waals surface area contributed by atoms with Gasteiger partial charge in [0.1, 0.15) is 5.75 Å². The molecule has 1 aliphatic heterocycles. The molecule has 0 unspecified atom stereocenters. The van der Waals surface area contributed by atoms with Gasteiger partial charge in [0, 0.05) is 6.42 Å². The number of nitroso groups, excluding NO2 is 1. The van der Waals surface area contributed by atoms with E-state index >= 15 is 0 Å². The summed E-state index contributed by atoms with van der Waals surface area (Å²) in [4.78, 5) is 8.56. The minimum atomic E-state index is 0.860. The van der Waals surface area contributed by atoms with Crippen LogP contribution in [0.3, 0.4) is 0 Å². The van der Waals surface area contributed by atoms with Gasteiger partial charge in [-0.05, 0) is 18.6 Å². The first-order valence-corrected chi connectivity index (χ1v) is 5.21. The van der Waals surface area contributed by atoms with Crippen LogP contribution in [-0.4, -0.2) is 13.7 Å². The summed E-state index contributed by atoms with van der Waals surface area (Å²) >= 11 is 0. The number of ether oxygens (including phenoxy) is 1. The highest BCUT2D eigenvalue weighted by molar-refractivity contribution is 5.39. The van der Waals surface area contributed by atoms with Crippen molar-refractivity contribution >= 4 is 0 Å². The van der Waals surface area contributed by atoms with Crippen LogP contribution in [0.25, 0.3) is 0 Å². The number of aryl methyl sites for hydroxylation is 1. The molecule has 3 nitrogen and oxygen atoms in total. The summed E-state index contributed by atoms with van der Waals surface area (Å²) in [5.74, 6) is 1.07. The lowest BCUT2D eigenvalue weighted by Gasteiger charge is -1.97. The summed E-state index contributed by atoms with van der Waals surface area (Å²) in [5.41, 5.74) is 2.68. The van der Waals surface area contributed by atoms with Crippen molar-refractivity contribution < 1.29 is 4.74 Å². The normalized spacial score (nSPS) is 10.9. The van der Waals surface area contributed by atoms with E-state index in [1.807, 2.05) is 13.8 Å². The standard InChI is InChI=1S/C9H10O.C2H6.CH3NO/c1-7-2-3-9-8(6-7)4-5-10-9;1-2;1-2-3/h2-3,6H,4-5H2,1H3;1-2H3;1H3. The van der Waals surface area contributed by atoms with Gasteiger partial charge in [-0.15, -0.1) is 0 Å². The number of fused-ring (bicyclic) bond motifs is 1. The maximum Gasteiger partial charge on any atom is 0.122 e. The number of benzene rings is 1. The third kappa shape index (κ3) is 4.58. The Kier molecular flexibility index (Phi) is 7.24. The van der Waals surface area contributed by atoms with Crippen molar-refractivity contribution in [2.45, 2.75) is 27.2 Å². The van der Waals surface area contributed by atoms with Gasteiger partial charge < -0.3 is 4.74 Å². The first kappa shape index (κ1) is 13.6. The molecule has 3 heteroatoms. The summed E-state index contributed by atoms with van der Waals surface area (Å²) in [6.45, 7) is 6.97. The smallest absolute Gasteiger partial charge is 0.122 e. The van der Waals surface area contributed by atoms with Crippen LogP contribution in [0.15, 0.2) is 23.4 Å². The molecule has 0 aromatic heterocycles. The molecule has 1 aromatic rings. The van der Waals surface area contributed by atoms with Crippen LogP contribution < -0.4 is 4.74 Å². The first-order valence-electron chi connectivity index (χ1n) is 5.21. The maximum absolute atomic E-state index is 8.56. The predicted molar refractivity (Wildman–Crippen MR) is 63.4 cm³/mol. The number of hydrogen-bond donors (Lipinski definition) is 0. The Bertz CT molecular complexity index is 298. The molecule has 15 heavy (non-hydrogen) atoms. The molecule has 2 rings (SSSR count). The Morgan fingerprint density at radius 3 is 2.53 bits per heavy atom. The zero-order valence-corrected chi connectivity index (χ0v) is 9.91. The molecule has 1 aromatic carbocycles. The van der Waals surface area contributed by atoms with Crippen LogP contribution in [-0.2, 0) is 6.42 Å². The summed E-state index contributed by atoms with van der Waals surface area (Å²) in [6, 6.07) is 6.34. The second-order valence-electron chi connectivity index (χ2n) is 2.89. The largest absolute Gasteiger partial charge is 0.493 e. The van der Waals surface area contributed by atoms with E-state index < -0.39 is 0 Å². The molecule has 0 fully saturated rings. The Labute approximate surface area is 91.4 Å². The van der Waals surface area contributed by atoms with Gasteiger partial charge in [0.25, 0.3) is 0 Å². The fourth-order valence-electron chi connectivity index (χ4n) is 1.32. The van der Waals surface area contributed by atoms with Crippen molar-refractivity contribution in [3.8, 4) is 5.75 Å². The monoisotopic (exact) mass is 209 g/mol. The molecule has 0 bridgehead atoms. The Morgan fingerprint density at radius 1 is 1.33 bits per heavy atom. The van der Waals surface area contributed by atoms with E-state index in [1.165, 1.54) is 18.2 Å². The third-order valence-electron chi connectivity index (χ3n) is 1.84. The molecule has 0 aliphatic carbocycles. The molecule has 0 amide bonds. The van der Waals surface area contributed by atoms with E-state index in [-0.39, 0.29) is 0 Å². The van der Waals surface area contributed by atoms with E-state index in [0.29, 0.717) is 0 Å². The third-order valence-corrected chi connectivity index (χ3v) is 1.84. The van der Waals surface area contributed by atoms with Crippen molar-refractivity contribution in [3.05, 3.63) is 34.2 Å². The van der Waals surface area contributed by atoms with E-state index in [0.717, 1.165) is 18.8 Å². The number of rotatable bonds is 0. The van der Waals surface area contributed by atoms with Gasteiger partial charge in [0.05, 0.1) is 13.7 Å². The van der Waals surface area contributed by atoms with Gasteiger partial charge in [0.2, 0.25) is 0 Å². The second-order valence-corrected chi connectivity index (χ2v) is 2.89. The zero-order chi connectivity index (χ0) is 11.7. The Hall–Kier alpha value is -1.38. The van der Waals surface area contributed by atoms with E-state index in [9.17, 15) is 0 Å². The van der Waals surface area contributed by atoms with E-state index in [1.54, 1.807) is 0 Å². The van der Waals surface area contributed by atoms with Crippen LogP contribution in [0, 0.1) is 11.8 Å². The SMILES string of the molecule is CC.CN=O.Cc1ccc2c(c1)CCO2. The summed E-state index contributed by atoms with van der Waals surface area (Å²) in [7, 11) is 1.19. The molecule has 0 N–H and O–H groups in total. The van der Waals surface area contributed by atoms with Crippen molar-refractivity contribution in [2.24, 2.45) is 5.18 Å². The Balaban J connectivity index is 0.000000342. The molecule has 0 spiro atoms. The first-order chi connectivity index (χ1) is 7.27. The van der Waals surface area contributed by atoms with Crippen LogP contribution in [0.1, 0.15) is 25.0 Å². The molecular weight excluding hydrogens is 190 g/mol. The van der Waals surface area contributed by atoms with Gasteiger partial charge in [-0.25, -0.2) is 0 Å². The highest BCUT2D eigenvalue weighted by Gasteiger charge is 2.09. The highest BCUT2D eigenvalue weighted by atomic mass is 16.5. The fraction of sp³-hybridized carbons (Fsp3) is 0.500. The average Bonchev–Trinajstić information content (AvgIpc) is 2.69. The van der Waals surface area contributed by atoms with Crippen molar-refractivity contribution in [1.82, 2.24) is 0 Å². The lowest BCUT2D eigenvalue weighted by atomic mass is 10.1. The fourth-order valence-corrected chi connectivity index (χ4v) is 1.32. The molecule has 0 saturated heterocycles. The van der Waals surface area contributed by atoms with Crippen molar-refractivity contribution in [3.63, 3.8) is 0 Å². The minimum absolute atomic E-state index is 0.860. The molecule has 0 radical (unpaired) electrons. The van der Waals surface area contributed by atoms with Gasteiger partial charge in [-0.3, -0.25) is 0 Å². The lowest BCUT2D eigenvalue weighted by molar-refractivity contribution is 0.357. The van der Waals surface area contributed by atoms with Gasteiger partial charge in [-0.1, -0.05) is 36.7 Å². The van der Waals surface area contributed by atoms with Crippen LogP contribution >= 0.6 is 0 Å². The van der Waals surface area contributed by atoms with Gasteiger partial charge in [-0.2, -0.15) is 4.91 Å². The second kappa shape index (κ2) is 7.97. The molecule has 1 heterocycles. The number of nitrogens with zero attached hydrogens (tertiary/aromatic N) is 1. The van der Waals surface area contributed by atoms with E-state index in [4.69, 9.17) is 9.64 Å². The summed E-state index contributed by atoms with van der Waals surface area (Å²) in [5, 5.41) is 2.25. The minimum Gasteiger partial charge on any atom is -0.493 e. The van der Waals surface area contributed by atoms with Gasteiger partial charge in [0.15, 0.2) is 0 Å². The van der Waals surface area contributed by atoms with Crippen LogP contribution in [0.5, 0.6) is 5.75 Å². The van der Waals surface area contributed by atoms with Crippen molar-refractivity contribution in [1.29, 1.82) is 0 Å². The summed E-state index contributed by atoms with van der Waals surface area (Å²) < 4.78 is 5.35. The lowest BCUT2D eigenvalue weighted by Crippen LogP contribution is -1.85. The van der Waals surface area contributed by atoms with E-state index in [2.05, 4.69) is 30.3 Å².